The highest BCUT2D eigenvalue weighted by molar-refractivity contribution is 5.52. The van der Waals surface area contributed by atoms with Crippen molar-refractivity contribution in [2.75, 3.05) is 4.90 Å². The van der Waals surface area contributed by atoms with Crippen LogP contribution in [-0.4, -0.2) is 5.11 Å². The Morgan fingerprint density at radius 1 is 1.00 bits per heavy atom. The van der Waals surface area contributed by atoms with Crippen molar-refractivity contribution in [3.05, 3.63) is 65.2 Å². The van der Waals surface area contributed by atoms with Gasteiger partial charge in [-0.15, -0.1) is 0 Å². The maximum atomic E-state index is 9.81. The van der Waals surface area contributed by atoms with E-state index in [1.807, 2.05) is 19.1 Å². The van der Waals surface area contributed by atoms with Gasteiger partial charge in [-0.25, -0.2) is 0 Å². The van der Waals surface area contributed by atoms with Gasteiger partial charge in [0.05, 0.1) is 6.10 Å². The van der Waals surface area contributed by atoms with Crippen LogP contribution in [0.2, 0.25) is 0 Å². The van der Waals surface area contributed by atoms with Gasteiger partial charge in [-0.1, -0.05) is 43.3 Å². The Morgan fingerprint density at radius 2 is 1.58 bits per heavy atom. The molecule has 0 radical (unpaired) electrons. The molecule has 0 saturated heterocycles. The van der Waals surface area contributed by atoms with E-state index >= 15 is 0 Å². The maximum Gasteiger partial charge on any atom is 0.0787 e. The van der Waals surface area contributed by atoms with Crippen LogP contribution in [0.4, 0.5) is 5.69 Å². The lowest BCUT2D eigenvalue weighted by Crippen LogP contribution is -2.14. The summed E-state index contributed by atoms with van der Waals surface area (Å²) in [6.07, 6.45) is 0.416. The third kappa shape index (κ3) is 2.36. The van der Waals surface area contributed by atoms with Crippen molar-refractivity contribution in [2.24, 2.45) is 0 Å². The zero-order valence-corrected chi connectivity index (χ0v) is 11.2. The largest absolute Gasteiger partial charge is 0.388 e. The van der Waals surface area contributed by atoms with E-state index in [1.165, 1.54) is 16.8 Å². The van der Waals surface area contributed by atoms with E-state index < -0.39 is 0 Å². The van der Waals surface area contributed by atoms with Gasteiger partial charge in [0.2, 0.25) is 0 Å². The van der Waals surface area contributed by atoms with Crippen molar-refractivity contribution in [1.29, 1.82) is 0 Å². The number of hydrogen-bond donors (Lipinski definition) is 1. The molecule has 0 spiro atoms. The molecule has 1 unspecified atom stereocenters. The number of hydrogen-bond acceptors (Lipinski definition) is 2. The average molecular weight is 253 g/mol. The highest BCUT2D eigenvalue weighted by Gasteiger charge is 2.18. The summed E-state index contributed by atoms with van der Waals surface area (Å²) in [5, 5.41) is 9.81. The van der Waals surface area contributed by atoms with Gasteiger partial charge in [0, 0.05) is 18.8 Å². The molecule has 3 rings (SSSR count). The molecular weight excluding hydrogens is 234 g/mol. The van der Waals surface area contributed by atoms with E-state index in [-0.39, 0.29) is 6.10 Å². The maximum absolute atomic E-state index is 9.81. The average Bonchev–Trinajstić information content (AvgIpc) is 2.90. The zero-order chi connectivity index (χ0) is 13.2. The number of rotatable bonds is 3. The van der Waals surface area contributed by atoms with Gasteiger partial charge in [-0.2, -0.15) is 0 Å². The summed E-state index contributed by atoms with van der Waals surface area (Å²) in [5.74, 6) is 0. The summed E-state index contributed by atoms with van der Waals surface area (Å²) < 4.78 is 0. The van der Waals surface area contributed by atoms with Crippen molar-refractivity contribution in [3.63, 3.8) is 0 Å². The Bertz CT molecular complexity index is 537. The Labute approximate surface area is 114 Å². The molecule has 1 aliphatic rings. The molecule has 2 aromatic carbocycles. The summed E-state index contributed by atoms with van der Waals surface area (Å²) >= 11 is 0. The van der Waals surface area contributed by atoms with Crippen molar-refractivity contribution in [3.8, 4) is 0 Å². The van der Waals surface area contributed by atoms with Gasteiger partial charge in [0.15, 0.2) is 0 Å². The molecule has 2 aromatic rings. The molecule has 1 heterocycles. The van der Waals surface area contributed by atoms with Gasteiger partial charge < -0.3 is 10.0 Å². The molecule has 0 fully saturated rings. The minimum absolute atomic E-state index is 0.343. The highest BCUT2D eigenvalue weighted by Crippen LogP contribution is 2.29. The predicted octanol–water partition coefficient (Wildman–Crippen LogP) is 3.65. The minimum atomic E-state index is -0.343. The van der Waals surface area contributed by atoms with E-state index in [0.29, 0.717) is 0 Å². The monoisotopic (exact) mass is 253 g/mol. The molecule has 0 aromatic heterocycles. The summed E-state index contributed by atoms with van der Waals surface area (Å²) in [6.45, 7) is 3.95. The van der Waals surface area contributed by atoms with Crippen LogP contribution in [0, 0.1) is 0 Å². The van der Waals surface area contributed by atoms with E-state index in [0.717, 1.165) is 25.1 Å². The molecular formula is C17H19NO. The number of aliphatic hydroxyl groups is 1. The van der Waals surface area contributed by atoms with Crippen molar-refractivity contribution >= 4 is 5.69 Å². The molecule has 0 bridgehead atoms. The molecule has 1 aliphatic heterocycles. The van der Waals surface area contributed by atoms with Gasteiger partial charge in [-0.3, -0.25) is 0 Å². The molecule has 98 valence electrons. The summed E-state index contributed by atoms with van der Waals surface area (Å²) in [6, 6.07) is 16.9. The highest BCUT2D eigenvalue weighted by atomic mass is 16.3. The topological polar surface area (TPSA) is 23.5 Å². The molecule has 0 amide bonds. The lowest BCUT2D eigenvalue weighted by Gasteiger charge is -2.18. The quantitative estimate of drug-likeness (QED) is 0.902. The lowest BCUT2D eigenvalue weighted by atomic mass is 10.1. The first kappa shape index (κ1) is 12.2. The fourth-order valence-corrected chi connectivity index (χ4v) is 2.66. The van der Waals surface area contributed by atoms with Crippen molar-refractivity contribution in [2.45, 2.75) is 32.5 Å². The molecule has 2 heteroatoms. The molecule has 1 atom stereocenters. The first-order valence-corrected chi connectivity index (χ1v) is 6.87. The van der Waals surface area contributed by atoms with Crippen LogP contribution in [0.25, 0.3) is 0 Å². The molecule has 1 N–H and O–H groups in total. The van der Waals surface area contributed by atoms with Crippen LogP contribution in [0.15, 0.2) is 48.5 Å². The Morgan fingerprint density at radius 3 is 2.11 bits per heavy atom. The summed E-state index contributed by atoms with van der Waals surface area (Å²) in [5.41, 5.74) is 5.06. The van der Waals surface area contributed by atoms with Gasteiger partial charge >= 0.3 is 0 Å². The van der Waals surface area contributed by atoms with E-state index in [9.17, 15) is 5.11 Å². The smallest absolute Gasteiger partial charge is 0.0787 e. The summed E-state index contributed by atoms with van der Waals surface area (Å²) in [7, 11) is 0. The van der Waals surface area contributed by atoms with E-state index in [1.54, 1.807) is 0 Å². The van der Waals surface area contributed by atoms with Crippen LogP contribution in [0.1, 0.15) is 36.1 Å². The Balaban J connectivity index is 1.78. The minimum Gasteiger partial charge on any atom is -0.388 e. The van der Waals surface area contributed by atoms with Crippen LogP contribution in [0.5, 0.6) is 0 Å². The summed E-state index contributed by atoms with van der Waals surface area (Å²) in [4.78, 5) is 2.37. The predicted molar refractivity (Wildman–Crippen MR) is 78.0 cm³/mol. The number of benzene rings is 2. The molecule has 2 nitrogen and oxygen atoms in total. The second kappa shape index (κ2) is 5.06. The first-order valence-electron chi connectivity index (χ1n) is 6.87. The van der Waals surface area contributed by atoms with Crippen LogP contribution < -0.4 is 4.90 Å². The van der Waals surface area contributed by atoms with Crippen LogP contribution in [0.3, 0.4) is 0 Å². The van der Waals surface area contributed by atoms with Crippen LogP contribution >= 0.6 is 0 Å². The van der Waals surface area contributed by atoms with Gasteiger partial charge in [-0.05, 0) is 35.2 Å². The number of nitrogens with zero attached hydrogens (tertiary/aromatic N) is 1. The van der Waals surface area contributed by atoms with Crippen molar-refractivity contribution < 1.29 is 5.11 Å². The third-order valence-electron chi connectivity index (χ3n) is 3.87. The fraction of sp³-hybridized carbons (Fsp3) is 0.294. The Hall–Kier alpha value is -1.80. The van der Waals surface area contributed by atoms with Crippen molar-refractivity contribution in [1.82, 2.24) is 0 Å². The van der Waals surface area contributed by atoms with E-state index in [2.05, 4.69) is 41.3 Å². The van der Waals surface area contributed by atoms with E-state index in [4.69, 9.17) is 0 Å². The zero-order valence-electron chi connectivity index (χ0n) is 11.2. The van der Waals surface area contributed by atoms with Crippen LogP contribution in [-0.2, 0) is 13.1 Å². The third-order valence-corrected chi connectivity index (χ3v) is 3.87. The molecule has 0 aliphatic carbocycles. The lowest BCUT2D eigenvalue weighted by molar-refractivity contribution is 0.173. The molecule has 0 saturated carbocycles. The first-order chi connectivity index (χ1) is 9.28. The van der Waals surface area contributed by atoms with Gasteiger partial charge in [0.25, 0.3) is 0 Å². The normalized spacial score (nSPS) is 15.4. The number of aliphatic hydroxyl groups excluding tert-OH is 1. The Kier molecular flexibility index (Phi) is 3.26. The number of anilines is 1. The SMILES string of the molecule is CCC(O)c1ccc(N2Cc3ccccc3C2)cc1. The molecule has 19 heavy (non-hydrogen) atoms. The second-order valence-electron chi connectivity index (χ2n) is 5.14. The number of fused-ring (bicyclic) bond motifs is 1. The van der Waals surface area contributed by atoms with Gasteiger partial charge in [0.1, 0.15) is 0 Å². The standard InChI is InChI=1S/C17H19NO/c1-2-17(19)13-7-9-16(10-8-13)18-11-14-5-3-4-6-15(14)12-18/h3-10,17,19H,2,11-12H2,1H3. The fourth-order valence-electron chi connectivity index (χ4n) is 2.66. The second-order valence-corrected chi connectivity index (χ2v) is 5.14.